The zero-order valence-electron chi connectivity index (χ0n) is 9.62. The summed E-state index contributed by atoms with van der Waals surface area (Å²) in [6.45, 7) is 0. The van der Waals surface area contributed by atoms with Gasteiger partial charge < -0.3 is 5.32 Å². The molecule has 2 aliphatic rings. The van der Waals surface area contributed by atoms with Crippen LogP contribution in [0.25, 0.3) is 0 Å². The van der Waals surface area contributed by atoms with Crippen LogP contribution in [0.2, 0.25) is 5.02 Å². The van der Waals surface area contributed by atoms with Crippen LogP contribution in [0.1, 0.15) is 30.4 Å². The molecular formula is C13H11ClN2O2. The molecule has 0 atom stereocenters. The van der Waals surface area contributed by atoms with Crippen LogP contribution >= 0.6 is 11.6 Å². The monoisotopic (exact) mass is 262 g/mol. The van der Waals surface area contributed by atoms with Crippen molar-refractivity contribution in [1.29, 1.82) is 0 Å². The van der Waals surface area contributed by atoms with E-state index in [2.05, 4.69) is 10.3 Å². The summed E-state index contributed by atoms with van der Waals surface area (Å²) in [5.41, 5.74) is 1.98. The smallest absolute Gasteiger partial charge is 0.235 e. The average Bonchev–Trinajstić information content (AvgIpc) is 2.62. The first-order chi connectivity index (χ1) is 8.64. The molecule has 1 aromatic rings. The van der Waals surface area contributed by atoms with Gasteiger partial charge in [-0.1, -0.05) is 11.6 Å². The number of isocyanates is 1. The molecule has 0 bridgehead atoms. The maximum atomic E-state index is 11.5. The SMILES string of the molecule is O=C=NC1(c2cc(Cl)cc3c2NC(=O)C3)CCC1. The molecule has 18 heavy (non-hydrogen) atoms. The molecule has 5 heteroatoms. The van der Waals surface area contributed by atoms with Crippen molar-refractivity contribution in [3.05, 3.63) is 28.3 Å². The van der Waals surface area contributed by atoms with E-state index < -0.39 is 5.54 Å². The first kappa shape index (κ1) is 11.5. The zero-order valence-corrected chi connectivity index (χ0v) is 10.4. The second-order valence-electron chi connectivity index (χ2n) is 4.80. The Bertz CT molecular complexity index is 587. The molecule has 0 saturated heterocycles. The van der Waals surface area contributed by atoms with Crippen molar-refractivity contribution in [1.82, 2.24) is 0 Å². The number of halogens is 1. The molecule has 1 amide bonds. The predicted octanol–water partition coefficient (Wildman–Crippen LogP) is 2.55. The Morgan fingerprint density at radius 1 is 1.39 bits per heavy atom. The number of fused-ring (bicyclic) bond motifs is 1. The predicted molar refractivity (Wildman–Crippen MR) is 67.4 cm³/mol. The van der Waals surface area contributed by atoms with Gasteiger partial charge in [0.25, 0.3) is 0 Å². The molecule has 0 radical (unpaired) electrons. The third-order valence-electron chi connectivity index (χ3n) is 3.74. The van der Waals surface area contributed by atoms with Gasteiger partial charge in [-0.25, -0.2) is 4.79 Å². The molecule has 1 heterocycles. The van der Waals surface area contributed by atoms with E-state index in [1.807, 2.05) is 0 Å². The van der Waals surface area contributed by atoms with Gasteiger partial charge >= 0.3 is 0 Å². The Hall–Kier alpha value is -1.64. The fraction of sp³-hybridized carbons (Fsp3) is 0.385. The molecule has 1 N–H and O–H groups in total. The van der Waals surface area contributed by atoms with Gasteiger partial charge in [0.2, 0.25) is 12.0 Å². The largest absolute Gasteiger partial charge is 0.325 e. The maximum absolute atomic E-state index is 11.5. The van der Waals surface area contributed by atoms with Crippen molar-refractivity contribution >= 4 is 29.3 Å². The summed E-state index contributed by atoms with van der Waals surface area (Å²) in [5.74, 6) is -0.0435. The van der Waals surface area contributed by atoms with Gasteiger partial charge in [0.05, 0.1) is 12.1 Å². The number of hydrogen-bond donors (Lipinski definition) is 1. The molecule has 1 aromatic carbocycles. The van der Waals surface area contributed by atoms with Gasteiger partial charge in [-0.2, -0.15) is 4.99 Å². The summed E-state index contributed by atoms with van der Waals surface area (Å²) in [7, 11) is 0. The maximum Gasteiger partial charge on any atom is 0.235 e. The van der Waals surface area contributed by atoms with Crippen molar-refractivity contribution in [3.63, 3.8) is 0 Å². The highest BCUT2D eigenvalue weighted by atomic mass is 35.5. The van der Waals surface area contributed by atoms with Crippen LogP contribution in [0.3, 0.4) is 0 Å². The second-order valence-corrected chi connectivity index (χ2v) is 5.24. The number of carbonyl (C=O) groups excluding carboxylic acids is 2. The molecular weight excluding hydrogens is 252 g/mol. The fourth-order valence-electron chi connectivity index (χ4n) is 2.71. The molecule has 3 rings (SSSR count). The lowest BCUT2D eigenvalue weighted by Gasteiger charge is -2.38. The summed E-state index contributed by atoms with van der Waals surface area (Å²) >= 11 is 6.08. The van der Waals surface area contributed by atoms with E-state index >= 15 is 0 Å². The van der Waals surface area contributed by atoms with E-state index in [1.165, 1.54) is 0 Å². The molecule has 1 saturated carbocycles. The molecule has 1 aliphatic carbocycles. The highest BCUT2D eigenvalue weighted by molar-refractivity contribution is 6.31. The molecule has 4 nitrogen and oxygen atoms in total. The van der Waals surface area contributed by atoms with Gasteiger partial charge in [-0.3, -0.25) is 4.79 Å². The third-order valence-corrected chi connectivity index (χ3v) is 3.96. The summed E-state index contributed by atoms with van der Waals surface area (Å²) in [6.07, 6.45) is 4.59. The van der Waals surface area contributed by atoms with Crippen LogP contribution in [-0.2, 0) is 21.5 Å². The van der Waals surface area contributed by atoms with Crippen molar-refractivity contribution in [2.24, 2.45) is 4.99 Å². The second kappa shape index (κ2) is 3.94. The number of nitrogens with one attached hydrogen (secondary N) is 1. The van der Waals surface area contributed by atoms with E-state index in [4.69, 9.17) is 11.6 Å². The van der Waals surface area contributed by atoms with E-state index in [-0.39, 0.29) is 5.91 Å². The van der Waals surface area contributed by atoms with Crippen LogP contribution in [0.5, 0.6) is 0 Å². The number of rotatable bonds is 2. The van der Waals surface area contributed by atoms with Crippen LogP contribution in [-0.4, -0.2) is 12.0 Å². The van der Waals surface area contributed by atoms with Crippen LogP contribution in [0, 0.1) is 0 Å². The summed E-state index contributed by atoms with van der Waals surface area (Å²) < 4.78 is 0. The molecule has 0 unspecified atom stereocenters. The lowest BCUT2D eigenvalue weighted by molar-refractivity contribution is -0.115. The summed E-state index contributed by atoms with van der Waals surface area (Å²) in [4.78, 5) is 26.1. The number of aliphatic imine (C=N–C) groups is 1. The zero-order chi connectivity index (χ0) is 12.8. The van der Waals surface area contributed by atoms with Crippen molar-refractivity contribution in [2.45, 2.75) is 31.2 Å². The van der Waals surface area contributed by atoms with Crippen molar-refractivity contribution in [2.75, 3.05) is 5.32 Å². The van der Waals surface area contributed by atoms with Crippen LogP contribution in [0.4, 0.5) is 5.69 Å². The minimum absolute atomic E-state index is 0.0435. The highest BCUT2D eigenvalue weighted by Gasteiger charge is 2.42. The lowest BCUT2D eigenvalue weighted by atomic mass is 9.71. The van der Waals surface area contributed by atoms with Gasteiger partial charge in [-0.05, 0) is 37.0 Å². The van der Waals surface area contributed by atoms with Gasteiger partial charge in [0.15, 0.2) is 0 Å². The van der Waals surface area contributed by atoms with Gasteiger partial charge in [0.1, 0.15) is 5.54 Å². The number of nitrogens with zero attached hydrogens (tertiary/aromatic N) is 1. The first-order valence-corrected chi connectivity index (χ1v) is 6.24. The van der Waals surface area contributed by atoms with E-state index in [1.54, 1.807) is 18.2 Å². The number of anilines is 1. The third kappa shape index (κ3) is 1.57. The standard InChI is InChI=1S/C13H11ClN2O2/c14-9-4-8-5-11(18)16-12(8)10(6-9)13(15-7-17)2-1-3-13/h4,6H,1-3,5H2,(H,16,18). The molecule has 92 valence electrons. The first-order valence-electron chi connectivity index (χ1n) is 5.86. The summed E-state index contributed by atoms with van der Waals surface area (Å²) in [6, 6.07) is 3.58. The Kier molecular flexibility index (Phi) is 2.51. The van der Waals surface area contributed by atoms with Gasteiger partial charge in [-0.15, -0.1) is 0 Å². The highest BCUT2D eigenvalue weighted by Crippen LogP contribution is 2.49. The van der Waals surface area contributed by atoms with E-state index in [9.17, 15) is 9.59 Å². The number of benzene rings is 1. The van der Waals surface area contributed by atoms with E-state index in [0.29, 0.717) is 11.4 Å². The van der Waals surface area contributed by atoms with Crippen molar-refractivity contribution in [3.8, 4) is 0 Å². The minimum Gasteiger partial charge on any atom is -0.325 e. The topological polar surface area (TPSA) is 58.5 Å². The number of hydrogen-bond acceptors (Lipinski definition) is 3. The Balaban J connectivity index is 2.18. The lowest BCUT2D eigenvalue weighted by Crippen LogP contribution is -2.32. The Morgan fingerprint density at radius 2 is 2.17 bits per heavy atom. The average molecular weight is 263 g/mol. The van der Waals surface area contributed by atoms with Crippen LogP contribution in [0.15, 0.2) is 17.1 Å². The molecule has 0 spiro atoms. The number of carbonyl (C=O) groups is 1. The van der Waals surface area contributed by atoms with Crippen LogP contribution < -0.4 is 5.32 Å². The normalized spacial score (nSPS) is 19.5. The Labute approximate surface area is 109 Å². The summed E-state index contributed by atoms with van der Waals surface area (Å²) in [5, 5.41) is 3.41. The van der Waals surface area contributed by atoms with Crippen molar-refractivity contribution < 1.29 is 9.59 Å². The molecule has 1 aliphatic heterocycles. The number of amides is 1. The minimum atomic E-state index is -0.533. The van der Waals surface area contributed by atoms with Gasteiger partial charge in [0, 0.05) is 10.6 Å². The molecule has 1 fully saturated rings. The molecule has 0 aromatic heterocycles. The quantitative estimate of drug-likeness (QED) is 0.658. The Morgan fingerprint density at radius 3 is 2.78 bits per heavy atom. The van der Waals surface area contributed by atoms with E-state index in [0.717, 1.165) is 36.1 Å². The fourth-order valence-corrected chi connectivity index (χ4v) is 2.96.